The lowest BCUT2D eigenvalue weighted by atomic mass is 9.80. The van der Waals surface area contributed by atoms with Crippen LogP contribution in [0.2, 0.25) is 0 Å². The predicted octanol–water partition coefficient (Wildman–Crippen LogP) is 5.61. The maximum Gasteiger partial charge on any atom is 0.177 e. The van der Waals surface area contributed by atoms with E-state index in [-0.39, 0.29) is 0 Å². The lowest BCUT2D eigenvalue weighted by Crippen LogP contribution is -2.23. The van der Waals surface area contributed by atoms with Crippen molar-refractivity contribution in [1.29, 1.82) is 0 Å². The summed E-state index contributed by atoms with van der Waals surface area (Å²) in [5, 5.41) is 12.6. The van der Waals surface area contributed by atoms with Crippen LogP contribution in [0.5, 0.6) is 0 Å². The molecule has 2 fully saturated rings. The van der Waals surface area contributed by atoms with Gasteiger partial charge in [0.05, 0.1) is 5.39 Å². The molecule has 0 bridgehead atoms. The predicted molar refractivity (Wildman–Crippen MR) is 109 cm³/mol. The standard InChI is InChI=1S/C23H25N3O/c1-14-4-8-17-21(27-26-22(17)25-16-6-7-16)20(14)15-5-9-18-19(12-15)24-13-23(18)10-2-3-11-23/h4-5,8-9,12,16,24H,2-3,6-7,10-11,13H2,1H3,(H,25,26). The molecular weight excluding hydrogens is 334 g/mol. The van der Waals surface area contributed by atoms with Gasteiger partial charge in [-0.15, -0.1) is 0 Å². The normalized spacial score (nSPS) is 20.2. The fraction of sp³-hybridized carbons (Fsp3) is 0.435. The van der Waals surface area contributed by atoms with Crippen LogP contribution in [-0.4, -0.2) is 17.7 Å². The van der Waals surface area contributed by atoms with E-state index >= 15 is 0 Å². The zero-order chi connectivity index (χ0) is 18.0. The minimum absolute atomic E-state index is 0.377. The molecule has 3 aliphatic rings. The van der Waals surface area contributed by atoms with Gasteiger partial charge in [-0.2, -0.15) is 0 Å². The van der Waals surface area contributed by atoms with Gasteiger partial charge in [-0.05, 0) is 61.4 Å². The Balaban J connectivity index is 1.46. The number of rotatable bonds is 3. The van der Waals surface area contributed by atoms with E-state index in [1.807, 2.05) is 0 Å². The maximum atomic E-state index is 5.82. The van der Waals surface area contributed by atoms with Gasteiger partial charge in [0, 0.05) is 29.3 Å². The molecule has 1 aromatic heterocycles. The zero-order valence-corrected chi connectivity index (χ0v) is 15.8. The molecule has 1 aliphatic heterocycles. The molecule has 6 rings (SSSR count). The van der Waals surface area contributed by atoms with Gasteiger partial charge in [-0.25, -0.2) is 0 Å². The van der Waals surface area contributed by atoms with Gasteiger partial charge >= 0.3 is 0 Å². The number of fused-ring (bicyclic) bond motifs is 3. The van der Waals surface area contributed by atoms with Gasteiger partial charge in [0.2, 0.25) is 0 Å². The largest absolute Gasteiger partial charge is 0.384 e. The molecule has 2 N–H and O–H groups in total. The highest BCUT2D eigenvalue weighted by Gasteiger charge is 2.41. The molecule has 4 nitrogen and oxygen atoms in total. The number of aryl methyl sites for hydroxylation is 1. The van der Waals surface area contributed by atoms with Crippen LogP contribution in [0.25, 0.3) is 22.1 Å². The third-order valence-electron chi connectivity index (χ3n) is 6.83. The summed E-state index contributed by atoms with van der Waals surface area (Å²) in [5.41, 5.74) is 7.71. The molecule has 2 aliphatic carbocycles. The van der Waals surface area contributed by atoms with Crippen molar-refractivity contribution in [2.75, 3.05) is 17.2 Å². The van der Waals surface area contributed by atoms with Gasteiger partial charge in [0.25, 0.3) is 0 Å². The van der Waals surface area contributed by atoms with E-state index in [2.05, 4.69) is 53.0 Å². The van der Waals surface area contributed by atoms with E-state index in [9.17, 15) is 0 Å². The molecule has 4 heteroatoms. The summed E-state index contributed by atoms with van der Waals surface area (Å²) in [7, 11) is 0. The van der Waals surface area contributed by atoms with Crippen LogP contribution in [0.4, 0.5) is 11.5 Å². The highest BCUT2D eigenvalue weighted by molar-refractivity contribution is 6.00. The Kier molecular flexibility index (Phi) is 3.17. The average molecular weight is 359 g/mol. The second-order valence-electron chi connectivity index (χ2n) is 8.69. The Morgan fingerprint density at radius 2 is 2.00 bits per heavy atom. The van der Waals surface area contributed by atoms with Crippen LogP contribution in [0.15, 0.2) is 34.9 Å². The summed E-state index contributed by atoms with van der Waals surface area (Å²) in [4.78, 5) is 0. The number of nitrogens with zero attached hydrogens (tertiary/aromatic N) is 1. The molecule has 0 saturated heterocycles. The lowest BCUT2D eigenvalue weighted by Gasteiger charge is -2.22. The molecular formula is C23H25N3O. The summed E-state index contributed by atoms with van der Waals surface area (Å²) in [6.07, 6.45) is 7.81. The van der Waals surface area contributed by atoms with Crippen molar-refractivity contribution >= 4 is 22.5 Å². The van der Waals surface area contributed by atoms with Crippen molar-refractivity contribution < 1.29 is 4.52 Å². The van der Waals surface area contributed by atoms with Crippen molar-refractivity contribution in [3.63, 3.8) is 0 Å². The zero-order valence-electron chi connectivity index (χ0n) is 15.8. The first kappa shape index (κ1) is 15.6. The maximum absolute atomic E-state index is 5.82. The quantitative estimate of drug-likeness (QED) is 0.638. The van der Waals surface area contributed by atoms with Crippen LogP contribution < -0.4 is 10.6 Å². The van der Waals surface area contributed by atoms with Crippen molar-refractivity contribution in [3.8, 4) is 11.1 Å². The SMILES string of the molecule is Cc1ccc2c(NC3CC3)noc2c1-c1ccc2c(c1)NCC21CCCC1. The molecule has 2 aromatic carbocycles. The Bertz CT molecular complexity index is 1040. The molecule has 0 amide bonds. The number of aromatic nitrogens is 1. The Labute approximate surface area is 159 Å². The Morgan fingerprint density at radius 3 is 2.81 bits per heavy atom. The van der Waals surface area contributed by atoms with Gasteiger partial charge < -0.3 is 15.2 Å². The molecule has 2 saturated carbocycles. The van der Waals surface area contributed by atoms with Gasteiger partial charge in [0.1, 0.15) is 0 Å². The monoisotopic (exact) mass is 359 g/mol. The minimum atomic E-state index is 0.377. The van der Waals surface area contributed by atoms with Crippen molar-refractivity contribution in [1.82, 2.24) is 5.16 Å². The molecule has 0 atom stereocenters. The number of hydrogen-bond acceptors (Lipinski definition) is 4. The summed E-state index contributed by atoms with van der Waals surface area (Å²) >= 11 is 0. The second kappa shape index (κ2) is 5.51. The third kappa shape index (κ3) is 2.32. The van der Waals surface area contributed by atoms with Crippen LogP contribution >= 0.6 is 0 Å². The number of nitrogens with one attached hydrogen (secondary N) is 2. The fourth-order valence-electron chi connectivity index (χ4n) is 5.15. The van der Waals surface area contributed by atoms with Crippen molar-refractivity contribution in [3.05, 3.63) is 41.5 Å². The topological polar surface area (TPSA) is 50.1 Å². The number of hydrogen-bond donors (Lipinski definition) is 2. The average Bonchev–Trinajstić information content (AvgIpc) is 3.08. The van der Waals surface area contributed by atoms with Crippen LogP contribution in [0.1, 0.15) is 49.7 Å². The van der Waals surface area contributed by atoms with E-state index in [0.717, 1.165) is 23.3 Å². The molecule has 0 radical (unpaired) electrons. The summed E-state index contributed by atoms with van der Waals surface area (Å²) in [5.74, 6) is 0.887. The van der Waals surface area contributed by atoms with E-state index in [4.69, 9.17) is 4.52 Å². The summed E-state index contributed by atoms with van der Waals surface area (Å²) in [6, 6.07) is 11.8. The first-order valence-corrected chi connectivity index (χ1v) is 10.3. The molecule has 138 valence electrons. The third-order valence-corrected chi connectivity index (χ3v) is 6.83. The van der Waals surface area contributed by atoms with Gasteiger partial charge in [-0.3, -0.25) is 0 Å². The van der Waals surface area contributed by atoms with E-state index in [1.54, 1.807) is 0 Å². The Hall–Kier alpha value is -2.49. The number of benzene rings is 2. The highest BCUT2D eigenvalue weighted by atomic mass is 16.5. The first-order chi connectivity index (χ1) is 13.2. The van der Waals surface area contributed by atoms with Crippen LogP contribution in [-0.2, 0) is 5.41 Å². The van der Waals surface area contributed by atoms with Crippen LogP contribution in [0, 0.1) is 6.92 Å². The number of anilines is 2. The van der Waals surface area contributed by atoms with Gasteiger partial charge in [-0.1, -0.05) is 36.2 Å². The van der Waals surface area contributed by atoms with Gasteiger partial charge in [0.15, 0.2) is 11.4 Å². The molecule has 1 spiro atoms. The lowest BCUT2D eigenvalue weighted by molar-refractivity contribution is 0.460. The first-order valence-electron chi connectivity index (χ1n) is 10.3. The summed E-state index contributed by atoms with van der Waals surface area (Å²) in [6.45, 7) is 3.25. The fourth-order valence-corrected chi connectivity index (χ4v) is 5.15. The molecule has 2 heterocycles. The minimum Gasteiger partial charge on any atom is -0.384 e. The second-order valence-corrected chi connectivity index (χ2v) is 8.69. The van der Waals surface area contributed by atoms with E-state index in [0.29, 0.717) is 11.5 Å². The molecule has 3 aromatic rings. The van der Waals surface area contributed by atoms with E-state index in [1.165, 1.54) is 66.5 Å². The highest BCUT2D eigenvalue weighted by Crippen LogP contribution is 2.49. The summed E-state index contributed by atoms with van der Waals surface area (Å²) < 4.78 is 5.82. The van der Waals surface area contributed by atoms with Crippen molar-refractivity contribution in [2.24, 2.45) is 0 Å². The molecule has 0 unspecified atom stereocenters. The van der Waals surface area contributed by atoms with E-state index < -0.39 is 0 Å². The van der Waals surface area contributed by atoms with Crippen molar-refractivity contribution in [2.45, 2.75) is 56.9 Å². The Morgan fingerprint density at radius 1 is 1.15 bits per heavy atom. The smallest absolute Gasteiger partial charge is 0.177 e. The van der Waals surface area contributed by atoms with Crippen LogP contribution in [0.3, 0.4) is 0 Å². The molecule has 27 heavy (non-hydrogen) atoms.